The number of nitrogens with one attached hydrogen (secondary N) is 4. The summed E-state index contributed by atoms with van der Waals surface area (Å²) in [6, 6.07) is 5.49. The minimum Gasteiger partial charge on any atom is -0.481 e. The van der Waals surface area contributed by atoms with E-state index in [-0.39, 0.29) is 50.1 Å². The lowest BCUT2D eigenvalue weighted by atomic mass is 9.84. The van der Waals surface area contributed by atoms with Gasteiger partial charge in [0.05, 0.1) is 19.2 Å². The molecule has 0 radical (unpaired) electrons. The largest absolute Gasteiger partial charge is 0.481 e. The van der Waals surface area contributed by atoms with E-state index in [1.807, 2.05) is 13.8 Å². The molecule has 0 saturated heterocycles. The molecule has 41 heavy (non-hydrogen) atoms. The van der Waals surface area contributed by atoms with Crippen LogP contribution in [0.4, 0.5) is 4.79 Å². The zero-order valence-corrected chi connectivity index (χ0v) is 23.3. The summed E-state index contributed by atoms with van der Waals surface area (Å²) in [6.07, 6.45) is -0.800. The number of aliphatic imine (C=N–C) groups is 1. The Labute approximate surface area is 238 Å². The second-order valence-corrected chi connectivity index (χ2v) is 9.83. The third kappa shape index (κ3) is 13.3. The first-order chi connectivity index (χ1) is 19.3. The van der Waals surface area contributed by atoms with E-state index in [4.69, 9.17) is 27.3 Å². The van der Waals surface area contributed by atoms with E-state index in [2.05, 4.69) is 20.9 Å². The lowest BCUT2D eigenvalue weighted by Crippen LogP contribution is -2.61. The van der Waals surface area contributed by atoms with Gasteiger partial charge in [-0.2, -0.15) is 0 Å². The predicted molar refractivity (Wildman–Crippen MR) is 151 cm³/mol. The van der Waals surface area contributed by atoms with Crippen LogP contribution >= 0.6 is 0 Å². The zero-order chi connectivity index (χ0) is 31.0. The van der Waals surface area contributed by atoms with Crippen LogP contribution < -0.4 is 33.2 Å². The van der Waals surface area contributed by atoms with Crippen LogP contribution in [0.3, 0.4) is 0 Å². The number of alkyl carbamates (subject to hydrolysis) is 1. The number of amides is 3. The summed E-state index contributed by atoms with van der Waals surface area (Å²) in [4.78, 5) is 65.5. The van der Waals surface area contributed by atoms with Crippen LogP contribution in [0.25, 0.3) is 0 Å². The SMILES string of the molecule is CC(C)COC(=O)N[C@](CCC(=O)O)(Cc1cccc(C(=N)N)c1)C(=O)NCC(=O)N[C@H](C=O)CCCN=C(N)N. The van der Waals surface area contributed by atoms with E-state index in [0.29, 0.717) is 23.8 Å². The van der Waals surface area contributed by atoms with Crippen molar-refractivity contribution < 1.29 is 33.8 Å². The molecule has 2 atom stereocenters. The number of nitrogens with two attached hydrogens (primary N) is 3. The van der Waals surface area contributed by atoms with Crippen LogP contribution in [0.2, 0.25) is 0 Å². The van der Waals surface area contributed by atoms with Crippen molar-refractivity contribution in [1.29, 1.82) is 5.41 Å². The van der Waals surface area contributed by atoms with E-state index in [9.17, 15) is 29.1 Å². The van der Waals surface area contributed by atoms with Gasteiger partial charge in [0.15, 0.2) is 5.96 Å². The number of amidine groups is 1. The number of carboxylic acid groups (broad SMARTS) is 1. The number of nitrogen functional groups attached to an aromatic ring is 1. The van der Waals surface area contributed by atoms with Gasteiger partial charge in [0, 0.05) is 24.9 Å². The highest BCUT2D eigenvalue weighted by Gasteiger charge is 2.41. The summed E-state index contributed by atoms with van der Waals surface area (Å²) < 4.78 is 5.20. The first kappa shape index (κ1) is 34.3. The molecule has 0 aliphatic heterocycles. The van der Waals surface area contributed by atoms with E-state index in [1.165, 1.54) is 6.07 Å². The molecule has 1 aromatic rings. The summed E-state index contributed by atoms with van der Waals surface area (Å²) >= 11 is 0. The Morgan fingerprint density at radius 1 is 1.20 bits per heavy atom. The molecule has 3 amide bonds. The van der Waals surface area contributed by atoms with Gasteiger partial charge in [0.25, 0.3) is 0 Å². The molecule has 0 spiro atoms. The van der Waals surface area contributed by atoms with Crippen LogP contribution in [0.15, 0.2) is 29.3 Å². The standard InChI is InChI=1S/C26H40N8O7/c1-16(2)15-41-25(40)34-26(9-8-21(37)38,12-17-5-3-6-18(11-17)22(27)28)23(39)32-13-20(36)33-19(14-35)7-4-10-31-24(29)30/h3,5-6,11,14,16,19H,4,7-10,12-13,15H2,1-2H3,(H3,27,28)(H,32,39)(H,33,36)(H,34,40)(H,37,38)(H4,29,30,31)/t19-,26+/m0/s1. The van der Waals surface area contributed by atoms with Crippen LogP contribution in [0.5, 0.6) is 0 Å². The number of carbonyl (C=O) groups excluding carboxylic acids is 4. The number of aliphatic carboxylic acids is 1. The van der Waals surface area contributed by atoms with Gasteiger partial charge in [-0.3, -0.25) is 24.8 Å². The maximum absolute atomic E-state index is 13.6. The number of benzene rings is 1. The molecule has 15 nitrogen and oxygen atoms in total. The average Bonchev–Trinajstić information content (AvgIpc) is 2.90. The average molecular weight is 577 g/mol. The fourth-order valence-corrected chi connectivity index (χ4v) is 3.72. The number of hydrogen-bond acceptors (Lipinski definition) is 8. The summed E-state index contributed by atoms with van der Waals surface area (Å²) in [5.41, 5.74) is 15.1. The summed E-state index contributed by atoms with van der Waals surface area (Å²) in [6.45, 7) is 3.37. The number of hydrogen-bond donors (Lipinski definition) is 8. The highest BCUT2D eigenvalue weighted by Crippen LogP contribution is 2.22. The smallest absolute Gasteiger partial charge is 0.408 e. The van der Waals surface area contributed by atoms with Crippen LogP contribution in [0.1, 0.15) is 50.7 Å². The van der Waals surface area contributed by atoms with E-state index < -0.39 is 48.4 Å². The van der Waals surface area contributed by atoms with Crippen molar-refractivity contribution in [3.63, 3.8) is 0 Å². The van der Waals surface area contributed by atoms with Gasteiger partial charge < -0.3 is 47.8 Å². The maximum atomic E-state index is 13.6. The third-order valence-electron chi connectivity index (χ3n) is 5.72. The van der Waals surface area contributed by atoms with Crippen molar-refractivity contribution >= 4 is 42.0 Å². The second-order valence-electron chi connectivity index (χ2n) is 9.83. The van der Waals surface area contributed by atoms with Crippen LogP contribution in [0, 0.1) is 11.3 Å². The Morgan fingerprint density at radius 3 is 2.49 bits per heavy atom. The van der Waals surface area contributed by atoms with Gasteiger partial charge in [0.1, 0.15) is 17.7 Å². The fourth-order valence-electron chi connectivity index (χ4n) is 3.72. The molecule has 1 rings (SSSR count). The lowest BCUT2D eigenvalue weighted by Gasteiger charge is -2.33. The minimum atomic E-state index is -1.85. The normalized spacial score (nSPS) is 12.8. The Hall–Kier alpha value is -4.69. The first-order valence-corrected chi connectivity index (χ1v) is 13.0. The molecule has 0 saturated carbocycles. The summed E-state index contributed by atoms with van der Waals surface area (Å²) in [5, 5.41) is 24.5. The van der Waals surface area contributed by atoms with Crippen molar-refractivity contribution in [3.8, 4) is 0 Å². The van der Waals surface area contributed by atoms with Crippen molar-refractivity contribution in [2.75, 3.05) is 19.7 Å². The van der Waals surface area contributed by atoms with Crippen LogP contribution in [-0.2, 0) is 30.3 Å². The number of nitrogens with zero attached hydrogens (tertiary/aromatic N) is 1. The van der Waals surface area contributed by atoms with Crippen molar-refractivity contribution in [3.05, 3.63) is 35.4 Å². The van der Waals surface area contributed by atoms with Crippen LogP contribution in [-0.4, -0.2) is 78.3 Å². The Morgan fingerprint density at radius 2 is 1.90 bits per heavy atom. The number of guanidine groups is 1. The van der Waals surface area contributed by atoms with Gasteiger partial charge in [-0.1, -0.05) is 32.0 Å². The van der Waals surface area contributed by atoms with E-state index in [1.54, 1.807) is 18.2 Å². The van der Waals surface area contributed by atoms with Gasteiger partial charge in [-0.05, 0) is 36.8 Å². The quantitative estimate of drug-likeness (QED) is 0.0473. The second kappa shape index (κ2) is 17.1. The monoisotopic (exact) mass is 576 g/mol. The first-order valence-electron chi connectivity index (χ1n) is 13.0. The summed E-state index contributed by atoms with van der Waals surface area (Å²) in [5.74, 6) is -3.09. The van der Waals surface area contributed by atoms with Gasteiger partial charge in [0.2, 0.25) is 11.8 Å². The Balaban J connectivity index is 3.18. The molecule has 0 aliphatic carbocycles. The number of ether oxygens (including phenoxy) is 1. The molecular formula is C26H40N8O7. The molecule has 226 valence electrons. The third-order valence-corrected chi connectivity index (χ3v) is 5.72. The molecule has 0 unspecified atom stereocenters. The van der Waals surface area contributed by atoms with Gasteiger partial charge >= 0.3 is 12.1 Å². The molecule has 15 heteroatoms. The number of rotatable bonds is 18. The van der Waals surface area contributed by atoms with E-state index in [0.717, 1.165) is 0 Å². The highest BCUT2D eigenvalue weighted by atomic mass is 16.5. The molecule has 0 bridgehead atoms. The number of aldehydes is 1. The Kier molecular flexibility index (Phi) is 14.3. The highest BCUT2D eigenvalue weighted by molar-refractivity contribution is 5.96. The van der Waals surface area contributed by atoms with Gasteiger partial charge in [-0.15, -0.1) is 0 Å². The molecule has 0 aliphatic rings. The minimum absolute atomic E-state index is 0.0100. The predicted octanol–water partition coefficient (Wildman–Crippen LogP) is -0.648. The van der Waals surface area contributed by atoms with Crippen molar-refractivity contribution in [1.82, 2.24) is 16.0 Å². The molecule has 0 aromatic heterocycles. The lowest BCUT2D eigenvalue weighted by molar-refractivity contribution is -0.138. The zero-order valence-electron chi connectivity index (χ0n) is 23.3. The number of carbonyl (C=O) groups is 5. The summed E-state index contributed by atoms with van der Waals surface area (Å²) in [7, 11) is 0. The van der Waals surface area contributed by atoms with E-state index >= 15 is 0 Å². The van der Waals surface area contributed by atoms with Crippen molar-refractivity contribution in [2.24, 2.45) is 28.1 Å². The number of carboxylic acids is 1. The molecule has 11 N–H and O–H groups in total. The fraction of sp³-hybridized carbons (Fsp3) is 0.500. The maximum Gasteiger partial charge on any atom is 0.408 e. The van der Waals surface area contributed by atoms with Crippen molar-refractivity contribution in [2.45, 2.75) is 57.5 Å². The molecule has 0 heterocycles. The molecule has 1 aromatic carbocycles. The van der Waals surface area contributed by atoms with Gasteiger partial charge in [-0.25, -0.2) is 4.79 Å². The Bertz CT molecular complexity index is 1120. The molecule has 0 fully saturated rings. The molecular weight excluding hydrogens is 536 g/mol. The topological polar surface area (TPSA) is 265 Å².